The van der Waals surface area contributed by atoms with Crippen LogP contribution in [0.1, 0.15) is 38.9 Å². The SMILES string of the molecule is Cc1cc(C)c(-c2cc[cH-]c2)c(C)c1.[Cl-].[Cl-].[Zr+2]=[C](c1ccccc1)c1ccccc1.[c-]1cccc2c1Cc1ccccc1-2. The van der Waals surface area contributed by atoms with E-state index in [-0.39, 0.29) is 24.8 Å². The second-order valence-electron chi connectivity index (χ2n) is 10.5. The summed E-state index contributed by atoms with van der Waals surface area (Å²) in [6, 6.07) is 52.2. The molecule has 0 aromatic heterocycles. The van der Waals surface area contributed by atoms with Crippen LogP contribution >= 0.6 is 0 Å². The summed E-state index contributed by atoms with van der Waals surface area (Å²) in [7, 11) is 0. The van der Waals surface area contributed by atoms with Gasteiger partial charge in [-0.1, -0.05) is 69.8 Å². The van der Waals surface area contributed by atoms with Crippen LogP contribution < -0.4 is 24.8 Å². The molecule has 3 heteroatoms. The summed E-state index contributed by atoms with van der Waals surface area (Å²) >= 11 is 1.46. The van der Waals surface area contributed by atoms with Gasteiger partial charge in [0.05, 0.1) is 0 Å². The van der Waals surface area contributed by atoms with Crippen LogP contribution in [0.15, 0.2) is 140 Å². The van der Waals surface area contributed by atoms with Crippen molar-refractivity contribution in [2.24, 2.45) is 0 Å². The van der Waals surface area contributed by atoms with E-state index in [9.17, 15) is 0 Å². The Morgan fingerprint density at radius 1 is 0.674 bits per heavy atom. The third-order valence-corrected chi connectivity index (χ3v) is 8.79. The molecule has 0 saturated heterocycles. The van der Waals surface area contributed by atoms with Crippen molar-refractivity contribution in [3.63, 3.8) is 0 Å². The minimum Gasteiger partial charge on any atom is -0.179 e. The molecule has 214 valence electrons. The Hall–Kier alpha value is -3.22. The number of benzene rings is 5. The first-order valence-corrected chi connectivity index (χ1v) is 15.3. The van der Waals surface area contributed by atoms with Crippen LogP contribution in [0, 0.1) is 26.8 Å². The predicted octanol–water partition coefficient (Wildman–Crippen LogP) is 3.87. The molecule has 0 saturated carbocycles. The molecule has 0 bridgehead atoms. The largest absolute Gasteiger partial charge is 0.179 e. The fraction of sp³-hybridized carbons (Fsp3) is 0.100. The van der Waals surface area contributed by atoms with Gasteiger partial charge in [0.25, 0.3) is 0 Å². The van der Waals surface area contributed by atoms with E-state index in [1.807, 2.05) is 6.07 Å². The summed E-state index contributed by atoms with van der Waals surface area (Å²) < 4.78 is 1.42. The molecule has 0 aliphatic heterocycles. The van der Waals surface area contributed by atoms with Crippen LogP contribution in [0.2, 0.25) is 0 Å². The van der Waals surface area contributed by atoms with E-state index in [0.717, 1.165) is 6.42 Å². The van der Waals surface area contributed by atoms with Gasteiger partial charge in [0, 0.05) is 0 Å². The average molecular weight is 677 g/mol. The third kappa shape index (κ3) is 8.67. The molecule has 0 nitrogen and oxygen atoms in total. The minimum atomic E-state index is 0. The number of halogens is 2. The fourth-order valence-electron chi connectivity index (χ4n) is 5.55. The predicted molar refractivity (Wildman–Crippen MR) is 171 cm³/mol. The summed E-state index contributed by atoms with van der Waals surface area (Å²) in [5.74, 6) is 0. The Kier molecular flexibility index (Phi) is 13.2. The monoisotopic (exact) mass is 674 g/mol. The summed E-state index contributed by atoms with van der Waals surface area (Å²) in [5.41, 5.74) is 15.0. The standard InChI is InChI=1S/C14H15.C13H9.C13H10.2ClH.Zr/c1-10-8-11(2)14(12(3)9-10)13-6-4-5-7-13;1-3-7-12-10(5-1)9-11-6-2-4-8-13(11)12;1-3-7-12(8-4-1)11-13-9-5-2-6-10-13;;;/h4-9H,1-3H3;1-5,7-8H,9H2;1-10H;2*1H;/q2*-1;;;;+2/p-2. The van der Waals surface area contributed by atoms with Crippen molar-refractivity contribution in [1.29, 1.82) is 0 Å². The first kappa shape index (κ1) is 34.3. The van der Waals surface area contributed by atoms with Gasteiger partial charge < -0.3 is 24.8 Å². The molecule has 0 spiro atoms. The molecule has 6 aromatic rings. The van der Waals surface area contributed by atoms with Gasteiger partial charge in [-0.2, -0.15) is 53.6 Å². The Morgan fingerprint density at radius 2 is 1.23 bits per heavy atom. The summed E-state index contributed by atoms with van der Waals surface area (Å²) in [6.07, 6.45) is 1.05. The van der Waals surface area contributed by atoms with Crippen LogP contribution in [-0.2, 0) is 30.7 Å². The number of fused-ring (bicyclic) bond motifs is 3. The van der Waals surface area contributed by atoms with Crippen molar-refractivity contribution >= 4 is 3.21 Å². The molecule has 0 atom stereocenters. The van der Waals surface area contributed by atoms with Gasteiger partial charge in [-0.05, 0) is 27.2 Å². The van der Waals surface area contributed by atoms with Gasteiger partial charge in [-0.25, -0.2) is 6.07 Å². The molecule has 1 aliphatic rings. The number of rotatable bonds is 3. The number of hydrogen-bond donors (Lipinski definition) is 0. The van der Waals surface area contributed by atoms with Crippen LogP contribution in [0.25, 0.3) is 22.3 Å². The summed E-state index contributed by atoms with van der Waals surface area (Å²) in [5, 5.41) is 0. The van der Waals surface area contributed by atoms with Crippen molar-refractivity contribution in [3.8, 4) is 22.3 Å². The second kappa shape index (κ2) is 16.6. The Morgan fingerprint density at radius 3 is 1.81 bits per heavy atom. The molecule has 6 aromatic carbocycles. The van der Waals surface area contributed by atoms with Crippen molar-refractivity contribution in [2.75, 3.05) is 0 Å². The zero-order valence-corrected chi connectivity index (χ0v) is 28.7. The van der Waals surface area contributed by atoms with Crippen LogP contribution in [0.5, 0.6) is 0 Å². The first-order valence-electron chi connectivity index (χ1n) is 14.1. The van der Waals surface area contributed by atoms with Crippen molar-refractivity contribution in [3.05, 3.63) is 185 Å². The maximum atomic E-state index is 3.30. The molecule has 7 rings (SSSR count). The van der Waals surface area contributed by atoms with Crippen molar-refractivity contribution < 1.29 is 49.0 Å². The maximum absolute atomic E-state index is 3.30. The van der Waals surface area contributed by atoms with Gasteiger partial charge in [0.2, 0.25) is 0 Å². The van der Waals surface area contributed by atoms with Crippen molar-refractivity contribution in [2.45, 2.75) is 27.2 Å². The van der Waals surface area contributed by atoms with Crippen molar-refractivity contribution in [1.82, 2.24) is 0 Å². The van der Waals surface area contributed by atoms with E-state index in [1.165, 1.54) is 88.6 Å². The van der Waals surface area contributed by atoms with Gasteiger partial charge in [0.1, 0.15) is 0 Å². The Balaban J connectivity index is 0.000000173. The Labute approximate surface area is 284 Å². The average Bonchev–Trinajstić information content (AvgIpc) is 3.66. The number of aryl methyl sites for hydroxylation is 3. The molecule has 0 N–H and O–H groups in total. The van der Waals surface area contributed by atoms with Gasteiger partial charge >= 0.3 is 99.2 Å². The van der Waals surface area contributed by atoms with E-state index < -0.39 is 0 Å². The molecule has 0 radical (unpaired) electrons. The third-order valence-electron chi connectivity index (χ3n) is 7.37. The van der Waals surface area contributed by atoms with E-state index >= 15 is 0 Å². The number of hydrogen-bond acceptors (Lipinski definition) is 0. The smallest absolute Gasteiger partial charge is 0.0253 e. The summed E-state index contributed by atoms with van der Waals surface area (Å²) in [6.45, 7) is 6.51. The topological polar surface area (TPSA) is 0 Å². The molecular formula is C40H34Cl2Zr-2. The molecule has 0 fully saturated rings. The fourth-order valence-corrected chi connectivity index (χ4v) is 6.37. The van der Waals surface area contributed by atoms with E-state index in [2.05, 4.69) is 160 Å². The second-order valence-corrected chi connectivity index (χ2v) is 11.7. The zero-order chi connectivity index (χ0) is 28.6. The van der Waals surface area contributed by atoms with Gasteiger partial charge in [-0.3, -0.25) is 0 Å². The molecular weight excluding hydrogens is 643 g/mol. The zero-order valence-electron chi connectivity index (χ0n) is 24.7. The van der Waals surface area contributed by atoms with Crippen LogP contribution in [0.3, 0.4) is 0 Å². The molecule has 1 aliphatic carbocycles. The first-order chi connectivity index (χ1) is 20.0. The maximum Gasteiger partial charge on any atom is -0.0253 e. The molecule has 0 heterocycles. The Bertz CT molecular complexity index is 1630. The van der Waals surface area contributed by atoms with E-state index in [4.69, 9.17) is 0 Å². The van der Waals surface area contributed by atoms with E-state index in [1.54, 1.807) is 0 Å². The van der Waals surface area contributed by atoms with E-state index in [0.29, 0.717) is 0 Å². The van der Waals surface area contributed by atoms with Crippen LogP contribution in [-0.4, -0.2) is 3.21 Å². The molecule has 0 amide bonds. The quantitative estimate of drug-likeness (QED) is 0.250. The normalized spacial score (nSPS) is 10.3. The summed E-state index contributed by atoms with van der Waals surface area (Å²) in [4.78, 5) is 0. The molecule has 0 unspecified atom stereocenters. The van der Waals surface area contributed by atoms with Gasteiger partial charge in [-0.15, -0.1) is 5.56 Å². The molecule has 43 heavy (non-hydrogen) atoms. The minimum absolute atomic E-state index is 0. The van der Waals surface area contributed by atoms with Gasteiger partial charge in [0.15, 0.2) is 0 Å². The van der Waals surface area contributed by atoms with Crippen LogP contribution in [0.4, 0.5) is 0 Å².